The zero-order valence-corrected chi connectivity index (χ0v) is 14.3. The summed E-state index contributed by atoms with van der Waals surface area (Å²) in [5.74, 6) is 1.71. The van der Waals surface area contributed by atoms with Crippen LogP contribution in [-0.2, 0) is 11.3 Å². The van der Waals surface area contributed by atoms with Crippen molar-refractivity contribution in [2.75, 3.05) is 39.6 Å². The highest BCUT2D eigenvalue weighted by Gasteiger charge is 2.21. The average Bonchev–Trinajstić information content (AvgIpc) is 3.16. The molecular weight excluding hydrogens is 316 g/mol. The Morgan fingerprint density at radius 2 is 1.80 bits per heavy atom. The van der Waals surface area contributed by atoms with Gasteiger partial charge in [-0.25, -0.2) is 0 Å². The first-order chi connectivity index (χ1) is 12.4. The van der Waals surface area contributed by atoms with Crippen LogP contribution >= 0.6 is 0 Å². The van der Waals surface area contributed by atoms with Gasteiger partial charge in [0.2, 0.25) is 6.79 Å². The lowest BCUT2D eigenvalue weighted by atomic mass is 10.1. The van der Waals surface area contributed by atoms with Gasteiger partial charge in [0.05, 0.1) is 13.2 Å². The van der Waals surface area contributed by atoms with Crippen molar-refractivity contribution in [2.24, 2.45) is 0 Å². The Balaban J connectivity index is 1.47. The van der Waals surface area contributed by atoms with Gasteiger partial charge in [-0.05, 0) is 11.6 Å². The summed E-state index contributed by atoms with van der Waals surface area (Å²) in [5, 5.41) is 3.71. The van der Waals surface area contributed by atoms with E-state index in [1.54, 1.807) is 0 Å². The Bertz CT molecular complexity index is 687. The first-order valence-corrected chi connectivity index (χ1v) is 8.86. The molecular formula is C20H24N2O3. The maximum absolute atomic E-state index is 5.63. The number of hydrogen-bond donors (Lipinski definition) is 1. The fourth-order valence-electron chi connectivity index (χ4n) is 3.38. The van der Waals surface area contributed by atoms with E-state index in [2.05, 4.69) is 46.6 Å². The number of rotatable bonds is 6. The van der Waals surface area contributed by atoms with Crippen molar-refractivity contribution in [2.45, 2.75) is 12.6 Å². The molecule has 0 amide bonds. The molecule has 0 spiro atoms. The van der Waals surface area contributed by atoms with E-state index < -0.39 is 0 Å². The van der Waals surface area contributed by atoms with Crippen molar-refractivity contribution in [3.8, 4) is 11.5 Å². The first-order valence-electron chi connectivity index (χ1n) is 8.86. The number of ether oxygens (including phenoxy) is 3. The zero-order valence-electron chi connectivity index (χ0n) is 14.3. The van der Waals surface area contributed by atoms with Crippen molar-refractivity contribution < 1.29 is 14.2 Å². The monoisotopic (exact) mass is 340 g/mol. The van der Waals surface area contributed by atoms with Gasteiger partial charge in [-0.3, -0.25) is 4.90 Å². The molecule has 0 bridgehead atoms. The molecule has 0 aliphatic carbocycles. The lowest BCUT2D eigenvalue weighted by Crippen LogP contribution is -2.41. The van der Waals surface area contributed by atoms with Crippen molar-refractivity contribution in [1.82, 2.24) is 10.2 Å². The van der Waals surface area contributed by atoms with Crippen LogP contribution in [0.3, 0.4) is 0 Å². The molecule has 0 aromatic heterocycles. The Hall–Kier alpha value is -2.08. The van der Waals surface area contributed by atoms with Crippen LogP contribution in [-0.4, -0.2) is 44.5 Å². The Kier molecular flexibility index (Phi) is 5.16. The molecule has 1 saturated heterocycles. The van der Waals surface area contributed by atoms with Gasteiger partial charge < -0.3 is 19.5 Å². The van der Waals surface area contributed by atoms with Gasteiger partial charge >= 0.3 is 0 Å². The van der Waals surface area contributed by atoms with Crippen LogP contribution in [0.15, 0.2) is 48.5 Å². The maximum Gasteiger partial charge on any atom is 0.231 e. The minimum absolute atomic E-state index is 0.262. The normalized spacial score (nSPS) is 18.2. The third-order valence-corrected chi connectivity index (χ3v) is 4.76. The van der Waals surface area contributed by atoms with Gasteiger partial charge in [-0.1, -0.05) is 42.5 Å². The minimum atomic E-state index is 0.262. The number of nitrogens with one attached hydrogen (secondary N) is 1. The molecule has 0 saturated carbocycles. The van der Waals surface area contributed by atoms with Crippen molar-refractivity contribution >= 4 is 0 Å². The second-order valence-corrected chi connectivity index (χ2v) is 6.41. The molecule has 1 unspecified atom stereocenters. The van der Waals surface area contributed by atoms with E-state index in [0.29, 0.717) is 6.79 Å². The van der Waals surface area contributed by atoms with E-state index in [1.165, 1.54) is 5.56 Å². The molecule has 1 N–H and O–H groups in total. The molecule has 132 valence electrons. The third-order valence-electron chi connectivity index (χ3n) is 4.76. The molecule has 2 aromatic carbocycles. The van der Waals surface area contributed by atoms with E-state index in [4.69, 9.17) is 14.2 Å². The van der Waals surface area contributed by atoms with E-state index in [0.717, 1.165) is 56.5 Å². The second-order valence-electron chi connectivity index (χ2n) is 6.41. The molecule has 1 atom stereocenters. The number of nitrogens with zero attached hydrogens (tertiary/aromatic N) is 1. The Morgan fingerprint density at radius 1 is 0.960 bits per heavy atom. The molecule has 1 fully saturated rings. The van der Waals surface area contributed by atoms with Crippen LogP contribution in [0, 0.1) is 0 Å². The molecule has 2 aliphatic rings. The highest BCUT2D eigenvalue weighted by molar-refractivity contribution is 5.48. The fourth-order valence-corrected chi connectivity index (χ4v) is 3.38. The standard InChI is InChI=1S/C20H24N2O3/c1-2-5-16(6-3-1)18(14-22-9-11-23-12-10-22)21-13-17-7-4-8-19-20(17)25-15-24-19/h1-8,18,21H,9-15H2. The summed E-state index contributed by atoms with van der Waals surface area (Å²) >= 11 is 0. The zero-order chi connectivity index (χ0) is 16.9. The van der Waals surface area contributed by atoms with Gasteiger partial charge in [0.15, 0.2) is 11.5 Å². The quantitative estimate of drug-likeness (QED) is 0.875. The SMILES string of the molecule is c1ccc(C(CN2CCOCC2)NCc2cccc3c2OCO3)cc1. The molecule has 2 aliphatic heterocycles. The fraction of sp³-hybridized carbons (Fsp3) is 0.400. The molecule has 0 radical (unpaired) electrons. The summed E-state index contributed by atoms with van der Waals surface area (Å²) < 4.78 is 16.6. The summed E-state index contributed by atoms with van der Waals surface area (Å²) in [6.45, 7) is 5.64. The lowest BCUT2D eigenvalue weighted by molar-refractivity contribution is 0.0333. The molecule has 25 heavy (non-hydrogen) atoms. The van der Waals surface area contributed by atoms with E-state index in [-0.39, 0.29) is 6.04 Å². The van der Waals surface area contributed by atoms with Gasteiger partial charge in [0.25, 0.3) is 0 Å². The van der Waals surface area contributed by atoms with Crippen LogP contribution in [0.2, 0.25) is 0 Å². The summed E-state index contributed by atoms with van der Waals surface area (Å²) in [6.07, 6.45) is 0. The van der Waals surface area contributed by atoms with E-state index >= 15 is 0 Å². The summed E-state index contributed by atoms with van der Waals surface area (Å²) in [4.78, 5) is 2.46. The van der Waals surface area contributed by atoms with Crippen LogP contribution in [0.1, 0.15) is 17.2 Å². The van der Waals surface area contributed by atoms with Gasteiger partial charge in [-0.2, -0.15) is 0 Å². The molecule has 4 rings (SSSR count). The molecule has 5 heteroatoms. The van der Waals surface area contributed by atoms with Gasteiger partial charge in [0.1, 0.15) is 0 Å². The van der Waals surface area contributed by atoms with Crippen LogP contribution in [0.4, 0.5) is 0 Å². The van der Waals surface area contributed by atoms with Gasteiger partial charge in [-0.15, -0.1) is 0 Å². The summed E-state index contributed by atoms with van der Waals surface area (Å²) in [7, 11) is 0. The predicted octanol–water partition coefficient (Wildman–Crippen LogP) is 2.58. The number of para-hydroxylation sites is 1. The smallest absolute Gasteiger partial charge is 0.231 e. The number of benzene rings is 2. The van der Waals surface area contributed by atoms with Gasteiger partial charge in [0, 0.05) is 37.8 Å². The predicted molar refractivity (Wildman–Crippen MR) is 95.8 cm³/mol. The average molecular weight is 340 g/mol. The Labute approximate surface area is 148 Å². The summed E-state index contributed by atoms with van der Waals surface area (Å²) in [6, 6.07) is 17.0. The molecule has 2 aromatic rings. The van der Waals surface area contributed by atoms with Crippen LogP contribution < -0.4 is 14.8 Å². The largest absolute Gasteiger partial charge is 0.454 e. The highest BCUT2D eigenvalue weighted by Crippen LogP contribution is 2.35. The molecule has 5 nitrogen and oxygen atoms in total. The van der Waals surface area contributed by atoms with E-state index in [9.17, 15) is 0 Å². The minimum Gasteiger partial charge on any atom is -0.454 e. The number of morpholine rings is 1. The summed E-state index contributed by atoms with van der Waals surface area (Å²) in [5.41, 5.74) is 2.44. The van der Waals surface area contributed by atoms with E-state index in [1.807, 2.05) is 12.1 Å². The maximum atomic E-state index is 5.63. The van der Waals surface area contributed by atoms with Crippen LogP contribution in [0.5, 0.6) is 11.5 Å². The topological polar surface area (TPSA) is 43.0 Å². The van der Waals surface area contributed by atoms with Crippen molar-refractivity contribution in [3.63, 3.8) is 0 Å². The number of fused-ring (bicyclic) bond motifs is 1. The first kappa shape index (κ1) is 16.4. The second kappa shape index (κ2) is 7.87. The van der Waals surface area contributed by atoms with Crippen molar-refractivity contribution in [3.05, 3.63) is 59.7 Å². The number of hydrogen-bond acceptors (Lipinski definition) is 5. The van der Waals surface area contributed by atoms with Crippen LogP contribution in [0.25, 0.3) is 0 Å². The third kappa shape index (κ3) is 3.95. The Morgan fingerprint density at radius 3 is 2.64 bits per heavy atom. The lowest BCUT2D eigenvalue weighted by Gasteiger charge is -2.31. The van der Waals surface area contributed by atoms with Crippen molar-refractivity contribution in [1.29, 1.82) is 0 Å². The molecule has 2 heterocycles. The highest BCUT2D eigenvalue weighted by atomic mass is 16.7.